The molecule has 0 aliphatic heterocycles. The van der Waals surface area contributed by atoms with Crippen molar-refractivity contribution in [3.05, 3.63) is 24.0 Å². The number of nitrogens with one attached hydrogen (secondary N) is 1. The molecule has 1 rings (SSSR count). The van der Waals surface area contributed by atoms with Crippen molar-refractivity contribution in [1.82, 2.24) is 9.88 Å². The fraction of sp³-hybridized carbons (Fsp3) is 0.400. The molecule has 16 heavy (non-hydrogen) atoms. The predicted molar refractivity (Wildman–Crippen MR) is 56.2 cm³/mol. The Morgan fingerprint density at radius 1 is 1.25 bits per heavy atom. The summed E-state index contributed by atoms with van der Waals surface area (Å²) < 4.78 is 0. The van der Waals surface area contributed by atoms with Gasteiger partial charge in [-0.05, 0) is 12.1 Å². The van der Waals surface area contributed by atoms with E-state index in [-0.39, 0.29) is 13.1 Å². The molecule has 0 saturated heterocycles. The van der Waals surface area contributed by atoms with Gasteiger partial charge in [0.15, 0.2) is 0 Å². The number of carboxylic acids is 2. The third-order valence-electron chi connectivity index (χ3n) is 2.08. The van der Waals surface area contributed by atoms with E-state index in [0.29, 0.717) is 13.0 Å². The Labute approximate surface area is 92.5 Å². The molecule has 0 aliphatic carbocycles. The zero-order valence-corrected chi connectivity index (χ0v) is 8.72. The van der Waals surface area contributed by atoms with E-state index in [0.717, 1.165) is 5.69 Å². The Bertz CT molecular complexity index is 332. The van der Waals surface area contributed by atoms with Crippen LogP contribution in [0.5, 0.6) is 0 Å². The van der Waals surface area contributed by atoms with Gasteiger partial charge in [0.25, 0.3) is 0 Å². The van der Waals surface area contributed by atoms with Crippen LogP contribution >= 0.6 is 0 Å². The van der Waals surface area contributed by atoms with Gasteiger partial charge >= 0.3 is 11.9 Å². The molecule has 6 heteroatoms. The zero-order valence-electron chi connectivity index (χ0n) is 8.72. The van der Waals surface area contributed by atoms with Crippen LogP contribution in [0.15, 0.2) is 18.3 Å². The highest BCUT2D eigenvalue weighted by molar-refractivity contribution is 5.72. The lowest BCUT2D eigenvalue weighted by atomic mass is 10.3. The maximum absolute atomic E-state index is 10.5. The number of carboxylic acid groups (broad SMARTS) is 2. The Hall–Kier alpha value is -1.82. The summed E-state index contributed by atoms with van der Waals surface area (Å²) in [5.74, 6) is -2.04. The predicted octanol–water partition coefficient (Wildman–Crippen LogP) is 0.0284. The van der Waals surface area contributed by atoms with Crippen molar-refractivity contribution in [2.45, 2.75) is 6.42 Å². The topological polar surface area (TPSA) is 93.6 Å². The van der Waals surface area contributed by atoms with Crippen LogP contribution in [0.4, 0.5) is 0 Å². The standard InChI is InChI=1S/C10H14N2O4/c13-9(14)6-12(7-10(15)16)5-3-8-2-1-4-11-8/h1-2,4,11H,3,5-7H2,(H,13,14)(H,15,16). The van der Waals surface area contributed by atoms with E-state index in [9.17, 15) is 9.59 Å². The number of aromatic nitrogens is 1. The summed E-state index contributed by atoms with van der Waals surface area (Å²) in [6.45, 7) is -0.112. The number of carbonyl (C=O) groups is 2. The van der Waals surface area contributed by atoms with Crippen LogP contribution in [-0.2, 0) is 16.0 Å². The van der Waals surface area contributed by atoms with E-state index in [1.54, 1.807) is 6.20 Å². The Balaban J connectivity index is 2.43. The number of rotatable bonds is 7. The van der Waals surface area contributed by atoms with Gasteiger partial charge in [-0.25, -0.2) is 0 Å². The SMILES string of the molecule is O=C(O)CN(CCc1ccc[nH]1)CC(=O)O. The molecular formula is C10H14N2O4. The van der Waals surface area contributed by atoms with E-state index >= 15 is 0 Å². The number of hydrogen-bond donors (Lipinski definition) is 3. The van der Waals surface area contributed by atoms with Crippen LogP contribution in [0.2, 0.25) is 0 Å². The Kier molecular flexibility index (Phi) is 4.53. The van der Waals surface area contributed by atoms with E-state index < -0.39 is 11.9 Å². The van der Waals surface area contributed by atoms with Gasteiger partial charge in [0.1, 0.15) is 0 Å². The molecule has 1 aromatic heterocycles. The van der Waals surface area contributed by atoms with Crippen molar-refractivity contribution >= 4 is 11.9 Å². The minimum absolute atomic E-state index is 0.257. The summed E-state index contributed by atoms with van der Waals surface area (Å²) in [4.78, 5) is 25.4. The average molecular weight is 226 g/mol. The summed E-state index contributed by atoms with van der Waals surface area (Å²) in [7, 11) is 0. The quantitative estimate of drug-likeness (QED) is 0.609. The van der Waals surface area contributed by atoms with Gasteiger partial charge in [-0.1, -0.05) is 0 Å². The highest BCUT2D eigenvalue weighted by atomic mass is 16.4. The average Bonchev–Trinajstić information content (AvgIpc) is 2.64. The van der Waals surface area contributed by atoms with Crippen LogP contribution in [-0.4, -0.2) is 51.7 Å². The van der Waals surface area contributed by atoms with E-state index in [4.69, 9.17) is 10.2 Å². The molecule has 0 bridgehead atoms. The first-order valence-corrected chi connectivity index (χ1v) is 4.86. The van der Waals surface area contributed by atoms with Gasteiger partial charge < -0.3 is 15.2 Å². The molecule has 0 spiro atoms. The molecule has 0 aromatic carbocycles. The molecule has 0 fully saturated rings. The fourth-order valence-electron chi connectivity index (χ4n) is 1.40. The first-order valence-electron chi connectivity index (χ1n) is 4.86. The molecule has 1 aromatic rings. The Morgan fingerprint density at radius 2 is 1.88 bits per heavy atom. The monoisotopic (exact) mass is 226 g/mol. The number of aliphatic carboxylic acids is 2. The highest BCUT2D eigenvalue weighted by Gasteiger charge is 2.13. The molecule has 0 atom stereocenters. The van der Waals surface area contributed by atoms with Crippen molar-refractivity contribution in [2.24, 2.45) is 0 Å². The summed E-state index contributed by atoms with van der Waals surface area (Å²) in [6.07, 6.45) is 2.38. The second-order valence-electron chi connectivity index (χ2n) is 3.44. The first kappa shape index (κ1) is 12.3. The van der Waals surface area contributed by atoms with Gasteiger partial charge in [-0.2, -0.15) is 0 Å². The van der Waals surface area contributed by atoms with Gasteiger partial charge in [0, 0.05) is 24.9 Å². The molecule has 0 amide bonds. The van der Waals surface area contributed by atoms with Gasteiger partial charge in [-0.15, -0.1) is 0 Å². The largest absolute Gasteiger partial charge is 0.480 e. The van der Waals surface area contributed by atoms with E-state index in [1.165, 1.54) is 4.90 Å². The normalized spacial score (nSPS) is 10.6. The molecule has 0 aliphatic rings. The number of aromatic amines is 1. The fourth-order valence-corrected chi connectivity index (χ4v) is 1.40. The lowest BCUT2D eigenvalue weighted by Crippen LogP contribution is -2.36. The van der Waals surface area contributed by atoms with Gasteiger partial charge in [-0.3, -0.25) is 14.5 Å². The van der Waals surface area contributed by atoms with E-state index in [1.807, 2.05) is 12.1 Å². The van der Waals surface area contributed by atoms with Crippen LogP contribution in [0, 0.1) is 0 Å². The van der Waals surface area contributed by atoms with Crippen LogP contribution in [0.25, 0.3) is 0 Å². The van der Waals surface area contributed by atoms with Crippen molar-refractivity contribution in [3.63, 3.8) is 0 Å². The minimum atomic E-state index is -1.02. The maximum Gasteiger partial charge on any atom is 0.317 e. The summed E-state index contributed by atoms with van der Waals surface area (Å²) in [5, 5.41) is 17.2. The van der Waals surface area contributed by atoms with Gasteiger partial charge in [0.05, 0.1) is 13.1 Å². The van der Waals surface area contributed by atoms with Crippen molar-refractivity contribution in [2.75, 3.05) is 19.6 Å². The molecular weight excluding hydrogens is 212 g/mol. The number of nitrogens with zero attached hydrogens (tertiary/aromatic N) is 1. The molecule has 1 heterocycles. The lowest BCUT2D eigenvalue weighted by molar-refractivity contribution is -0.141. The number of hydrogen-bond acceptors (Lipinski definition) is 3. The maximum atomic E-state index is 10.5. The zero-order chi connectivity index (χ0) is 12.0. The van der Waals surface area contributed by atoms with Crippen molar-refractivity contribution < 1.29 is 19.8 Å². The van der Waals surface area contributed by atoms with Crippen molar-refractivity contribution in [3.8, 4) is 0 Å². The molecule has 0 radical (unpaired) electrons. The van der Waals surface area contributed by atoms with E-state index in [2.05, 4.69) is 4.98 Å². The van der Waals surface area contributed by atoms with Crippen LogP contribution < -0.4 is 0 Å². The lowest BCUT2D eigenvalue weighted by Gasteiger charge is -2.17. The van der Waals surface area contributed by atoms with Crippen LogP contribution in [0.1, 0.15) is 5.69 Å². The number of H-pyrrole nitrogens is 1. The highest BCUT2D eigenvalue weighted by Crippen LogP contribution is 1.98. The molecule has 0 unspecified atom stereocenters. The minimum Gasteiger partial charge on any atom is -0.480 e. The van der Waals surface area contributed by atoms with Crippen molar-refractivity contribution in [1.29, 1.82) is 0 Å². The molecule has 0 saturated carbocycles. The summed E-state index contributed by atoms with van der Waals surface area (Å²) in [6, 6.07) is 3.72. The van der Waals surface area contributed by atoms with Gasteiger partial charge in [0.2, 0.25) is 0 Å². The smallest absolute Gasteiger partial charge is 0.317 e. The molecule has 88 valence electrons. The second kappa shape index (κ2) is 5.92. The first-order chi connectivity index (χ1) is 7.58. The molecule has 6 nitrogen and oxygen atoms in total. The molecule has 3 N–H and O–H groups in total. The third-order valence-corrected chi connectivity index (χ3v) is 2.08. The summed E-state index contributed by atoms with van der Waals surface area (Å²) >= 11 is 0. The van der Waals surface area contributed by atoms with Crippen LogP contribution in [0.3, 0.4) is 0 Å². The third kappa shape index (κ3) is 4.61. The Morgan fingerprint density at radius 3 is 2.31 bits per heavy atom. The summed E-state index contributed by atoms with van der Waals surface area (Å²) in [5.41, 5.74) is 0.959. The second-order valence-corrected chi connectivity index (χ2v) is 3.44.